The first-order valence-electron chi connectivity index (χ1n) is 7.23. The minimum atomic E-state index is -0.179. The topological polar surface area (TPSA) is 57.3 Å². The molecule has 0 aliphatic heterocycles. The van der Waals surface area contributed by atoms with Crippen molar-refractivity contribution in [3.63, 3.8) is 0 Å². The highest BCUT2D eigenvalue weighted by Gasteiger charge is 2.17. The van der Waals surface area contributed by atoms with Gasteiger partial charge in [0.1, 0.15) is 0 Å². The third kappa shape index (κ3) is 4.54. The van der Waals surface area contributed by atoms with E-state index in [-0.39, 0.29) is 18.1 Å². The van der Waals surface area contributed by atoms with Crippen LogP contribution in [0.5, 0.6) is 0 Å². The Morgan fingerprint density at radius 2 is 2.14 bits per heavy atom. The molecule has 2 aromatic rings. The van der Waals surface area contributed by atoms with E-state index >= 15 is 0 Å². The Kier molecular flexibility index (Phi) is 5.91. The average molecular weight is 318 g/mol. The summed E-state index contributed by atoms with van der Waals surface area (Å²) in [6.07, 6.45) is 1.73. The van der Waals surface area contributed by atoms with E-state index in [9.17, 15) is 4.79 Å². The predicted molar refractivity (Wildman–Crippen MR) is 89.9 cm³/mol. The molecule has 2 amide bonds. The van der Waals surface area contributed by atoms with Crippen LogP contribution in [0.3, 0.4) is 0 Å². The molecule has 0 bridgehead atoms. The molecule has 0 aromatic carbocycles. The zero-order chi connectivity index (χ0) is 15.9. The van der Waals surface area contributed by atoms with Crippen molar-refractivity contribution in [1.82, 2.24) is 20.5 Å². The van der Waals surface area contributed by atoms with Crippen molar-refractivity contribution in [2.75, 3.05) is 20.6 Å². The van der Waals surface area contributed by atoms with E-state index in [1.165, 1.54) is 4.88 Å². The Balaban J connectivity index is 1.86. The number of hydrogen-bond acceptors (Lipinski definition) is 4. The van der Waals surface area contributed by atoms with Gasteiger partial charge in [0.2, 0.25) is 0 Å². The monoisotopic (exact) mass is 318 g/mol. The number of urea groups is 1. The number of carbonyl (C=O) groups excluding carboxylic acids is 1. The van der Waals surface area contributed by atoms with Crippen molar-refractivity contribution in [1.29, 1.82) is 0 Å². The fourth-order valence-electron chi connectivity index (χ4n) is 2.16. The molecule has 2 heterocycles. The number of thiophene rings is 1. The molecular formula is C16H22N4OS. The van der Waals surface area contributed by atoms with Gasteiger partial charge in [-0.05, 0) is 44.6 Å². The Hall–Kier alpha value is -1.92. The lowest BCUT2D eigenvalue weighted by molar-refractivity contribution is 0.230. The second-order valence-electron chi connectivity index (χ2n) is 5.33. The van der Waals surface area contributed by atoms with Gasteiger partial charge in [0.15, 0.2) is 0 Å². The normalized spacial score (nSPS) is 13.6. The van der Waals surface area contributed by atoms with E-state index in [4.69, 9.17) is 0 Å². The third-order valence-corrected chi connectivity index (χ3v) is 4.40. The van der Waals surface area contributed by atoms with Crippen LogP contribution in [0.1, 0.15) is 29.6 Å². The lowest BCUT2D eigenvalue weighted by atomic mass is 10.2. The van der Waals surface area contributed by atoms with Gasteiger partial charge >= 0.3 is 6.03 Å². The predicted octanol–water partition coefficient (Wildman–Crippen LogP) is 2.81. The summed E-state index contributed by atoms with van der Waals surface area (Å²) in [5.41, 5.74) is 0.847. The van der Waals surface area contributed by atoms with Gasteiger partial charge in [0, 0.05) is 17.6 Å². The van der Waals surface area contributed by atoms with Crippen molar-refractivity contribution in [2.24, 2.45) is 0 Å². The summed E-state index contributed by atoms with van der Waals surface area (Å²) in [7, 11) is 4.03. The maximum Gasteiger partial charge on any atom is 0.315 e. The van der Waals surface area contributed by atoms with E-state index in [0.717, 1.165) is 5.69 Å². The van der Waals surface area contributed by atoms with Crippen LogP contribution in [0.15, 0.2) is 41.9 Å². The van der Waals surface area contributed by atoms with Crippen LogP contribution >= 0.6 is 11.3 Å². The number of amides is 2. The number of nitrogens with zero attached hydrogens (tertiary/aromatic N) is 2. The molecule has 2 N–H and O–H groups in total. The molecule has 0 radical (unpaired) electrons. The third-order valence-electron chi connectivity index (χ3n) is 3.43. The zero-order valence-electron chi connectivity index (χ0n) is 13.1. The van der Waals surface area contributed by atoms with Gasteiger partial charge in [0.05, 0.1) is 17.8 Å². The first-order chi connectivity index (χ1) is 10.6. The van der Waals surface area contributed by atoms with Gasteiger partial charge in [-0.1, -0.05) is 12.1 Å². The van der Waals surface area contributed by atoms with Gasteiger partial charge in [-0.15, -0.1) is 11.3 Å². The second kappa shape index (κ2) is 7.91. The van der Waals surface area contributed by atoms with Crippen LogP contribution in [0.2, 0.25) is 0 Å². The number of rotatable bonds is 6. The van der Waals surface area contributed by atoms with Crippen LogP contribution in [0.25, 0.3) is 0 Å². The smallest absolute Gasteiger partial charge is 0.315 e. The second-order valence-corrected chi connectivity index (χ2v) is 6.30. The number of hydrogen-bond donors (Lipinski definition) is 2. The molecule has 0 unspecified atom stereocenters. The molecule has 5 nitrogen and oxygen atoms in total. The van der Waals surface area contributed by atoms with Gasteiger partial charge in [-0.25, -0.2) is 4.79 Å². The molecule has 0 saturated heterocycles. The maximum absolute atomic E-state index is 12.1. The average Bonchev–Trinajstić information content (AvgIpc) is 3.02. The van der Waals surface area contributed by atoms with E-state index in [1.54, 1.807) is 17.5 Å². The van der Waals surface area contributed by atoms with Gasteiger partial charge in [0.25, 0.3) is 0 Å². The fourth-order valence-corrected chi connectivity index (χ4v) is 3.08. The molecule has 2 aromatic heterocycles. The highest BCUT2D eigenvalue weighted by molar-refractivity contribution is 7.10. The van der Waals surface area contributed by atoms with Crippen molar-refractivity contribution >= 4 is 17.4 Å². The quantitative estimate of drug-likeness (QED) is 0.861. The Morgan fingerprint density at radius 1 is 1.32 bits per heavy atom. The largest absolute Gasteiger partial charge is 0.336 e. The van der Waals surface area contributed by atoms with Gasteiger partial charge in [-0.3, -0.25) is 4.98 Å². The Bertz CT molecular complexity index is 571. The summed E-state index contributed by atoms with van der Waals surface area (Å²) in [6.45, 7) is 2.49. The van der Waals surface area contributed by atoms with Gasteiger partial charge < -0.3 is 15.5 Å². The molecule has 0 fully saturated rings. The summed E-state index contributed by atoms with van der Waals surface area (Å²) in [5.74, 6) is 0. The van der Waals surface area contributed by atoms with Crippen LogP contribution < -0.4 is 10.6 Å². The van der Waals surface area contributed by atoms with Crippen LogP contribution in [0.4, 0.5) is 4.79 Å². The number of carbonyl (C=O) groups is 1. The molecule has 118 valence electrons. The molecule has 2 atom stereocenters. The van der Waals surface area contributed by atoms with Crippen LogP contribution in [-0.4, -0.2) is 36.6 Å². The van der Waals surface area contributed by atoms with E-state index < -0.39 is 0 Å². The lowest BCUT2D eigenvalue weighted by Crippen LogP contribution is -2.41. The highest BCUT2D eigenvalue weighted by atomic mass is 32.1. The summed E-state index contributed by atoms with van der Waals surface area (Å²) < 4.78 is 0. The minimum absolute atomic E-state index is 0.124. The number of nitrogens with one attached hydrogen (secondary N) is 2. The summed E-state index contributed by atoms with van der Waals surface area (Å²) in [5, 5.41) is 7.90. The molecule has 6 heteroatoms. The SMILES string of the molecule is C[C@@H](NC(=O)NC[C@@H](c1cccs1)N(C)C)c1ccccn1. The minimum Gasteiger partial charge on any atom is -0.336 e. The van der Waals surface area contributed by atoms with E-state index in [1.807, 2.05) is 45.3 Å². The summed E-state index contributed by atoms with van der Waals surface area (Å²) in [4.78, 5) is 19.6. The first kappa shape index (κ1) is 16.5. The number of pyridine rings is 1. The van der Waals surface area contributed by atoms with E-state index in [0.29, 0.717) is 6.54 Å². The van der Waals surface area contributed by atoms with Crippen molar-refractivity contribution in [3.05, 3.63) is 52.5 Å². The van der Waals surface area contributed by atoms with Crippen molar-refractivity contribution in [3.8, 4) is 0 Å². The number of likely N-dealkylation sites (N-methyl/N-ethyl adjacent to an activating group) is 1. The molecule has 22 heavy (non-hydrogen) atoms. The molecular weight excluding hydrogens is 296 g/mol. The van der Waals surface area contributed by atoms with Crippen LogP contribution in [-0.2, 0) is 0 Å². The highest BCUT2D eigenvalue weighted by Crippen LogP contribution is 2.22. The van der Waals surface area contributed by atoms with E-state index in [2.05, 4.69) is 32.0 Å². The zero-order valence-corrected chi connectivity index (χ0v) is 13.9. The Morgan fingerprint density at radius 3 is 2.73 bits per heavy atom. The maximum atomic E-state index is 12.1. The molecule has 0 spiro atoms. The van der Waals surface area contributed by atoms with Crippen LogP contribution in [0, 0.1) is 0 Å². The fraction of sp³-hybridized carbons (Fsp3) is 0.375. The lowest BCUT2D eigenvalue weighted by Gasteiger charge is -2.24. The molecule has 2 rings (SSSR count). The van der Waals surface area contributed by atoms with Gasteiger partial charge in [-0.2, -0.15) is 0 Å². The molecule has 0 aliphatic carbocycles. The summed E-state index contributed by atoms with van der Waals surface area (Å²) in [6, 6.07) is 9.67. The first-order valence-corrected chi connectivity index (χ1v) is 8.11. The van der Waals surface area contributed by atoms with Crippen molar-refractivity contribution in [2.45, 2.75) is 19.0 Å². The van der Waals surface area contributed by atoms with Crippen molar-refractivity contribution < 1.29 is 4.79 Å². The summed E-state index contributed by atoms with van der Waals surface area (Å²) >= 11 is 1.70. The number of aromatic nitrogens is 1. The Labute approximate surface area is 135 Å². The standard InChI is InChI=1S/C16H22N4OS/c1-12(13-7-4-5-9-17-13)19-16(21)18-11-14(20(2)3)15-8-6-10-22-15/h4-10,12,14H,11H2,1-3H3,(H2,18,19,21)/t12-,14+/m1/s1. The molecule has 0 saturated carbocycles. The molecule has 0 aliphatic rings.